The lowest BCUT2D eigenvalue weighted by Crippen LogP contribution is -1.91. The van der Waals surface area contributed by atoms with Gasteiger partial charge in [-0.25, -0.2) is 4.21 Å². The topological polar surface area (TPSA) is 17.1 Å². The minimum absolute atomic E-state index is 0.485. The second-order valence-corrected chi connectivity index (χ2v) is 4.48. The van der Waals surface area contributed by atoms with Gasteiger partial charge in [-0.2, -0.15) is 4.39 Å². The van der Waals surface area contributed by atoms with Gasteiger partial charge in [-0.1, -0.05) is 29.8 Å². The Bertz CT molecular complexity index is 404. The van der Waals surface area contributed by atoms with E-state index in [0.717, 1.165) is 5.56 Å². The fourth-order valence-corrected chi connectivity index (χ4v) is 1.82. The van der Waals surface area contributed by atoms with E-state index in [-0.39, 0.29) is 0 Å². The van der Waals surface area contributed by atoms with Crippen molar-refractivity contribution in [2.75, 3.05) is 0 Å². The first-order chi connectivity index (χ1) is 7.15. The molecule has 0 spiro atoms. The van der Waals surface area contributed by atoms with Gasteiger partial charge in [0.25, 0.3) is 0 Å². The molecule has 0 fully saturated rings. The van der Waals surface area contributed by atoms with Gasteiger partial charge in [0.1, 0.15) is 10.8 Å². The highest BCUT2D eigenvalue weighted by Crippen LogP contribution is 2.16. The van der Waals surface area contributed by atoms with Crippen molar-refractivity contribution in [3.05, 3.63) is 53.2 Å². The molecule has 3 heteroatoms. The van der Waals surface area contributed by atoms with Crippen molar-refractivity contribution in [3.63, 3.8) is 0 Å². The molecule has 0 aliphatic heterocycles. The zero-order chi connectivity index (χ0) is 11.3. The van der Waals surface area contributed by atoms with E-state index in [0.29, 0.717) is 4.90 Å². The van der Waals surface area contributed by atoms with Crippen molar-refractivity contribution in [3.8, 4) is 0 Å². The van der Waals surface area contributed by atoms with Gasteiger partial charge in [0, 0.05) is 4.90 Å². The van der Waals surface area contributed by atoms with E-state index in [1.807, 2.05) is 19.1 Å². The highest BCUT2D eigenvalue weighted by molar-refractivity contribution is 7.88. The van der Waals surface area contributed by atoms with Crippen LogP contribution in [-0.4, -0.2) is 4.21 Å². The largest absolute Gasteiger partial charge is 0.247 e. The molecule has 0 radical (unpaired) electrons. The maximum absolute atomic E-state index is 13.3. The van der Waals surface area contributed by atoms with Crippen LogP contribution in [0.1, 0.15) is 12.5 Å². The molecule has 0 aliphatic carbocycles. The van der Waals surface area contributed by atoms with Crippen LogP contribution >= 0.6 is 0 Å². The molecule has 0 saturated heterocycles. The van der Waals surface area contributed by atoms with Crippen molar-refractivity contribution in [2.45, 2.75) is 18.7 Å². The van der Waals surface area contributed by atoms with Crippen LogP contribution < -0.4 is 0 Å². The third-order valence-electron chi connectivity index (χ3n) is 1.83. The molecule has 1 aromatic rings. The van der Waals surface area contributed by atoms with Crippen LogP contribution in [0.2, 0.25) is 0 Å². The van der Waals surface area contributed by atoms with Crippen LogP contribution in [0.15, 0.2) is 52.5 Å². The molecule has 0 saturated carbocycles. The number of halogens is 1. The summed E-state index contributed by atoms with van der Waals surface area (Å²) in [5.41, 5.74) is 1.06. The number of hydrogen-bond acceptors (Lipinski definition) is 1. The van der Waals surface area contributed by atoms with Gasteiger partial charge >= 0.3 is 0 Å². The van der Waals surface area contributed by atoms with E-state index in [1.165, 1.54) is 12.2 Å². The lowest BCUT2D eigenvalue weighted by molar-refractivity contribution is 0.650. The molecule has 15 heavy (non-hydrogen) atoms. The summed E-state index contributed by atoms with van der Waals surface area (Å²) in [5.74, 6) is 0. The van der Waals surface area contributed by atoms with E-state index in [4.69, 9.17) is 0 Å². The Morgan fingerprint density at radius 2 is 1.93 bits per heavy atom. The third-order valence-corrected chi connectivity index (χ3v) is 3.02. The zero-order valence-electron chi connectivity index (χ0n) is 8.74. The average molecular weight is 224 g/mol. The quantitative estimate of drug-likeness (QED) is 0.718. The SMILES string of the molecule is C/C=C/C=C(\F)S(=O)c1ccc(C)cc1. The summed E-state index contributed by atoms with van der Waals surface area (Å²) >= 11 is 0. The smallest absolute Gasteiger partial charge is 0.191 e. The summed E-state index contributed by atoms with van der Waals surface area (Å²) in [6.07, 6.45) is 4.43. The molecule has 1 nitrogen and oxygen atoms in total. The number of allylic oxidation sites excluding steroid dienone is 3. The van der Waals surface area contributed by atoms with Crippen molar-refractivity contribution in [1.82, 2.24) is 0 Å². The second-order valence-electron chi connectivity index (χ2n) is 3.08. The van der Waals surface area contributed by atoms with Crippen LogP contribution in [0.3, 0.4) is 0 Å². The Morgan fingerprint density at radius 3 is 2.47 bits per heavy atom. The Morgan fingerprint density at radius 1 is 1.33 bits per heavy atom. The molecule has 0 N–H and O–H groups in total. The monoisotopic (exact) mass is 224 g/mol. The molecule has 0 aliphatic rings. The van der Waals surface area contributed by atoms with Gasteiger partial charge < -0.3 is 0 Å². The van der Waals surface area contributed by atoms with Crippen LogP contribution in [0.4, 0.5) is 4.39 Å². The maximum atomic E-state index is 13.3. The molecule has 1 aromatic carbocycles. The first-order valence-electron chi connectivity index (χ1n) is 4.62. The molecule has 1 atom stereocenters. The standard InChI is InChI=1S/C12H13FOS/c1-3-4-5-12(13)15(14)11-8-6-10(2)7-9-11/h3-9H,1-2H3/b4-3+,12-5+. The lowest BCUT2D eigenvalue weighted by Gasteiger charge is -1.99. The summed E-state index contributed by atoms with van der Waals surface area (Å²) < 4.78 is 24.9. The predicted octanol–water partition coefficient (Wildman–Crippen LogP) is 3.49. The summed E-state index contributed by atoms with van der Waals surface area (Å²) in [6.45, 7) is 3.71. The van der Waals surface area contributed by atoms with Crippen LogP contribution in [0.5, 0.6) is 0 Å². The number of aryl methyl sites for hydroxylation is 1. The lowest BCUT2D eigenvalue weighted by atomic mass is 10.2. The first-order valence-corrected chi connectivity index (χ1v) is 5.77. The molecular formula is C12H13FOS. The molecule has 0 aromatic heterocycles. The molecule has 0 heterocycles. The summed E-state index contributed by atoms with van der Waals surface area (Å²) in [7, 11) is -1.69. The van der Waals surface area contributed by atoms with Crippen molar-refractivity contribution in [1.29, 1.82) is 0 Å². The van der Waals surface area contributed by atoms with E-state index < -0.39 is 16.0 Å². The number of rotatable bonds is 3. The summed E-state index contributed by atoms with van der Waals surface area (Å²) in [5, 5.41) is -0.628. The van der Waals surface area contributed by atoms with E-state index >= 15 is 0 Å². The highest BCUT2D eigenvalue weighted by atomic mass is 32.2. The molecule has 0 amide bonds. The Kier molecular flexibility index (Phi) is 4.43. The van der Waals surface area contributed by atoms with Crippen molar-refractivity contribution >= 4 is 10.8 Å². The molecule has 1 unspecified atom stereocenters. The van der Waals surface area contributed by atoms with Gasteiger partial charge in [0.05, 0.1) is 0 Å². The van der Waals surface area contributed by atoms with Crippen LogP contribution in [0.25, 0.3) is 0 Å². The van der Waals surface area contributed by atoms with Crippen molar-refractivity contribution < 1.29 is 8.60 Å². The maximum Gasteiger partial charge on any atom is 0.191 e. The Labute approximate surface area is 91.8 Å². The van der Waals surface area contributed by atoms with Crippen LogP contribution in [-0.2, 0) is 10.8 Å². The zero-order valence-corrected chi connectivity index (χ0v) is 9.55. The van der Waals surface area contributed by atoms with E-state index in [2.05, 4.69) is 0 Å². The Balaban J connectivity index is 2.90. The fourth-order valence-electron chi connectivity index (χ4n) is 1.01. The van der Waals surface area contributed by atoms with Gasteiger partial charge in [0.2, 0.25) is 0 Å². The van der Waals surface area contributed by atoms with Crippen molar-refractivity contribution in [2.24, 2.45) is 0 Å². The predicted molar refractivity (Wildman–Crippen MR) is 61.6 cm³/mol. The number of hydrogen-bond donors (Lipinski definition) is 0. The molecular weight excluding hydrogens is 211 g/mol. The fraction of sp³-hybridized carbons (Fsp3) is 0.167. The van der Waals surface area contributed by atoms with Gasteiger partial charge in [0.15, 0.2) is 5.16 Å². The van der Waals surface area contributed by atoms with Gasteiger partial charge in [-0.05, 0) is 32.1 Å². The van der Waals surface area contributed by atoms with E-state index in [9.17, 15) is 8.60 Å². The summed E-state index contributed by atoms with van der Waals surface area (Å²) in [4.78, 5) is 0.485. The van der Waals surface area contributed by atoms with Crippen LogP contribution in [0, 0.1) is 6.92 Å². The molecule has 1 rings (SSSR count). The van der Waals surface area contributed by atoms with E-state index in [1.54, 1.807) is 25.1 Å². The van der Waals surface area contributed by atoms with Gasteiger partial charge in [-0.15, -0.1) is 0 Å². The highest BCUT2D eigenvalue weighted by Gasteiger charge is 2.08. The number of benzene rings is 1. The Hall–Kier alpha value is -1.22. The third kappa shape index (κ3) is 3.44. The molecule has 0 bridgehead atoms. The minimum Gasteiger partial charge on any atom is -0.247 e. The second kappa shape index (κ2) is 5.61. The normalized spacial score (nSPS) is 14.5. The van der Waals surface area contributed by atoms with Gasteiger partial charge in [-0.3, -0.25) is 0 Å². The first kappa shape index (κ1) is 11.9. The minimum atomic E-state index is -1.69. The summed E-state index contributed by atoms with van der Waals surface area (Å²) in [6, 6.07) is 6.98. The average Bonchev–Trinajstić information content (AvgIpc) is 2.26. The molecule has 80 valence electrons.